The van der Waals surface area contributed by atoms with Crippen LogP contribution in [0.25, 0.3) is 33.0 Å². The van der Waals surface area contributed by atoms with Crippen LogP contribution in [0, 0.1) is 6.07 Å². The number of hydrogen-bond donors (Lipinski definition) is 0. The molecule has 0 saturated carbocycles. The summed E-state index contributed by atoms with van der Waals surface area (Å²) in [5.41, 5.74) is 8.80. The fourth-order valence-electron chi connectivity index (χ4n) is 6.02. The molecule has 0 nitrogen and oxygen atoms in total. The Morgan fingerprint density at radius 1 is 0.702 bits per heavy atom. The summed E-state index contributed by atoms with van der Waals surface area (Å²) in [6, 6.07) is 35.4. The van der Waals surface area contributed by atoms with E-state index in [1.54, 1.807) is 10.4 Å². The minimum Gasteiger partial charge on any atom is -0.184 e. The minimum atomic E-state index is -1.44. The van der Waals surface area contributed by atoms with E-state index in [0.717, 1.165) is 9.52 Å². The summed E-state index contributed by atoms with van der Waals surface area (Å²) in [6.07, 6.45) is 0. The molecule has 1 heterocycles. The van der Waals surface area contributed by atoms with Crippen LogP contribution in [0.1, 0.15) is 52.7 Å². The van der Waals surface area contributed by atoms with Gasteiger partial charge in [-0.1, -0.05) is 156 Å². The van der Waals surface area contributed by atoms with Crippen LogP contribution in [0.2, 0.25) is 39.3 Å². The van der Waals surface area contributed by atoms with E-state index in [1.165, 1.54) is 54.5 Å². The van der Waals surface area contributed by atoms with E-state index in [4.69, 9.17) is 17.0 Å². The third-order valence-electron chi connectivity index (χ3n) is 8.85. The van der Waals surface area contributed by atoms with E-state index in [0.29, 0.717) is 0 Å². The fourth-order valence-corrected chi connectivity index (χ4v) is 9.82. The van der Waals surface area contributed by atoms with E-state index in [1.807, 2.05) is 6.07 Å². The predicted octanol–water partition coefficient (Wildman–Crippen LogP) is 10.4. The topological polar surface area (TPSA) is 0 Å². The Hall–Kier alpha value is -1.40. The zero-order valence-electron chi connectivity index (χ0n) is 30.3. The number of hydrogen-bond acceptors (Lipinski definition) is 0. The van der Waals surface area contributed by atoms with Crippen molar-refractivity contribution in [3.63, 3.8) is 0 Å². The quantitative estimate of drug-likeness (QED) is 0.124. The first kappa shape index (κ1) is 38.4. The van der Waals surface area contributed by atoms with Crippen molar-refractivity contribution in [1.29, 1.82) is 0 Å². The van der Waals surface area contributed by atoms with Gasteiger partial charge >= 0.3 is 37.9 Å². The molecule has 0 aromatic heterocycles. The molecule has 6 rings (SSSR count). The average molecular weight is 789 g/mol. The average Bonchev–Trinajstić information content (AvgIpc) is 3.58. The Morgan fingerprint density at radius 2 is 1.28 bits per heavy atom. The molecule has 244 valence electrons. The molecular formula is C41H50Cl2Si3Zr. The molecule has 47 heavy (non-hydrogen) atoms. The SMILES string of the molecule is CC(C)(C)c1cc2c(-c3cc([Si](C)(C)C)cc([Si](C)(C)C)c3)c(C(C)(C)C)ccc2[cH-]1.[Cl][Zr+2][Cl].[c-]1cccc2c1[Si]c1ccccc1-2. The molecular weight excluding hydrogens is 739 g/mol. The van der Waals surface area contributed by atoms with Gasteiger partial charge in [0.2, 0.25) is 0 Å². The van der Waals surface area contributed by atoms with Gasteiger partial charge in [-0.2, -0.15) is 35.5 Å². The van der Waals surface area contributed by atoms with Gasteiger partial charge in [0.25, 0.3) is 0 Å². The second-order valence-electron chi connectivity index (χ2n) is 16.7. The van der Waals surface area contributed by atoms with Gasteiger partial charge in [-0.3, -0.25) is 0 Å². The van der Waals surface area contributed by atoms with Crippen LogP contribution >= 0.6 is 17.0 Å². The Morgan fingerprint density at radius 3 is 1.83 bits per heavy atom. The van der Waals surface area contributed by atoms with Crippen molar-refractivity contribution in [2.24, 2.45) is 0 Å². The zero-order chi connectivity index (χ0) is 34.9. The standard InChI is InChI=1S/C29H43Si2.C12H7Si.2ClH.Zr/c1-28(2,3)22-15-20-13-14-26(29(4,5)6)27(25(20)18-22)21-16-23(30(7,8)9)19-24(17-21)31(10,11)12;1-3-7-11-9(5-1)10-6-2-4-8-12(10)13-11;;;/h13-19H,1-12H3;1-7H;2*1H;/q2*-1;;;+4/p-2. The molecule has 1 aliphatic rings. The molecule has 0 amide bonds. The van der Waals surface area contributed by atoms with Crippen LogP contribution < -0.4 is 20.7 Å². The first-order chi connectivity index (χ1) is 21.8. The van der Waals surface area contributed by atoms with Crippen molar-refractivity contribution in [1.82, 2.24) is 0 Å². The van der Waals surface area contributed by atoms with E-state index in [2.05, 4.69) is 166 Å². The second kappa shape index (κ2) is 14.8. The number of fused-ring (bicyclic) bond motifs is 4. The molecule has 0 atom stereocenters. The smallest absolute Gasteiger partial charge is 0.0920 e. The molecule has 5 aromatic rings. The summed E-state index contributed by atoms with van der Waals surface area (Å²) in [5.74, 6) is 0. The largest absolute Gasteiger partial charge is 0.184 e. The van der Waals surface area contributed by atoms with Gasteiger partial charge in [-0.05, 0) is 16.4 Å². The third kappa shape index (κ3) is 9.24. The first-order valence-corrected chi connectivity index (χ1v) is 30.8. The zero-order valence-corrected chi connectivity index (χ0v) is 37.3. The van der Waals surface area contributed by atoms with Crippen LogP contribution in [0.5, 0.6) is 0 Å². The van der Waals surface area contributed by atoms with E-state index in [-0.39, 0.29) is 10.8 Å². The molecule has 0 saturated heterocycles. The van der Waals surface area contributed by atoms with Gasteiger partial charge in [-0.15, -0.1) is 40.1 Å². The normalized spacial score (nSPS) is 12.7. The molecule has 0 spiro atoms. The molecule has 2 radical (unpaired) electrons. The molecule has 0 unspecified atom stereocenters. The molecule has 0 aliphatic carbocycles. The molecule has 0 N–H and O–H groups in total. The summed E-state index contributed by atoms with van der Waals surface area (Å²) in [4.78, 5) is 0. The van der Waals surface area contributed by atoms with Crippen molar-refractivity contribution in [3.05, 3.63) is 102 Å². The maximum absolute atomic E-state index is 4.93. The van der Waals surface area contributed by atoms with Crippen molar-refractivity contribution >= 4 is 74.2 Å². The molecule has 6 heteroatoms. The summed E-state index contributed by atoms with van der Waals surface area (Å²) >= 11 is -0.826. The number of benzene rings is 4. The van der Waals surface area contributed by atoms with Gasteiger partial charge < -0.3 is 0 Å². The van der Waals surface area contributed by atoms with E-state index >= 15 is 0 Å². The number of rotatable bonds is 3. The maximum Gasteiger partial charge on any atom is 0.0920 e. The Bertz CT molecular complexity index is 1770. The Balaban J connectivity index is 0.000000255. The van der Waals surface area contributed by atoms with Crippen molar-refractivity contribution in [2.45, 2.75) is 91.7 Å². The predicted molar refractivity (Wildman–Crippen MR) is 216 cm³/mol. The molecule has 0 bridgehead atoms. The summed E-state index contributed by atoms with van der Waals surface area (Å²) < 4.78 is 0. The maximum atomic E-state index is 4.93. The molecule has 5 aromatic carbocycles. The fraction of sp³-hybridized carbons (Fsp3) is 0.341. The summed E-state index contributed by atoms with van der Waals surface area (Å²) in [6.45, 7) is 28.9. The van der Waals surface area contributed by atoms with Gasteiger partial charge in [0, 0.05) is 0 Å². The Labute approximate surface area is 308 Å². The van der Waals surface area contributed by atoms with Crippen molar-refractivity contribution < 1.29 is 20.8 Å². The van der Waals surface area contributed by atoms with Gasteiger partial charge in [0.05, 0.1) is 25.7 Å². The monoisotopic (exact) mass is 786 g/mol. The van der Waals surface area contributed by atoms with Crippen LogP contribution in [-0.4, -0.2) is 25.7 Å². The van der Waals surface area contributed by atoms with Gasteiger partial charge in [0.15, 0.2) is 0 Å². The third-order valence-corrected chi connectivity index (χ3v) is 14.3. The van der Waals surface area contributed by atoms with Gasteiger partial charge in [0.1, 0.15) is 0 Å². The first-order valence-electron chi connectivity index (χ1n) is 16.5. The molecule has 1 aliphatic heterocycles. The van der Waals surface area contributed by atoms with Crippen molar-refractivity contribution in [2.75, 3.05) is 0 Å². The van der Waals surface area contributed by atoms with Crippen LogP contribution in [0.15, 0.2) is 84.9 Å². The molecule has 0 fully saturated rings. The number of halogens is 2. The Kier molecular flexibility index (Phi) is 12.1. The van der Waals surface area contributed by atoms with E-state index < -0.39 is 37.0 Å². The van der Waals surface area contributed by atoms with Crippen LogP contribution in [0.4, 0.5) is 0 Å². The minimum absolute atomic E-state index is 0.0944. The second-order valence-corrected chi connectivity index (χ2v) is 31.9. The van der Waals surface area contributed by atoms with E-state index in [9.17, 15) is 0 Å². The van der Waals surface area contributed by atoms with Crippen molar-refractivity contribution in [3.8, 4) is 22.3 Å². The van der Waals surface area contributed by atoms with Gasteiger partial charge in [-0.25, -0.2) is 0 Å². The van der Waals surface area contributed by atoms with Crippen LogP contribution in [0.3, 0.4) is 0 Å². The van der Waals surface area contributed by atoms with Crippen LogP contribution in [-0.2, 0) is 31.7 Å². The summed E-state index contributed by atoms with van der Waals surface area (Å²) in [7, 11) is 7.78. The summed E-state index contributed by atoms with van der Waals surface area (Å²) in [5, 5.41) is 8.79.